The predicted octanol–water partition coefficient (Wildman–Crippen LogP) is 2.56. The average Bonchev–Trinajstić information content (AvgIpc) is 3.52. The van der Waals surface area contributed by atoms with Crippen molar-refractivity contribution in [1.82, 2.24) is 30.2 Å². The number of carboxylic acids is 1. The second kappa shape index (κ2) is 10.9. The number of rotatable bonds is 8. The second-order valence-corrected chi connectivity index (χ2v) is 11.7. The van der Waals surface area contributed by atoms with E-state index in [0.717, 1.165) is 6.42 Å². The monoisotopic (exact) mass is 623 g/mol. The van der Waals surface area contributed by atoms with Crippen molar-refractivity contribution in [1.29, 1.82) is 0 Å². The van der Waals surface area contributed by atoms with Gasteiger partial charge in [0.25, 0.3) is 0 Å². The Morgan fingerprint density at radius 1 is 1.02 bits per heavy atom. The Labute approximate surface area is 261 Å². The molecular weight excluding hydrogens is 594 g/mol. The summed E-state index contributed by atoms with van der Waals surface area (Å²) in [5.41, 5.74) is 0.626. The van der Waals surface area contributed by atoms with Gasteiger partial charge in [-0.1, -0.05) is 60.7 Å². The molecule has 14 nitrogen and oxygen atoms in total. The molecule has 1 aliphatic carbocycles. The van der Waals surface area contributed by atoms with Gasteiger partial charge in [-0.2, -0.15) is 0 Å². The van der Waals surface area contributed by atoms with Crippen LogP contribution in [-0.2, 0) is 29.3 Å². The van der Waals surface area contributed by atoms with Gasteiger partial charge in [0.1, 0.15) is 12.7 Å². The van der Waals surface area contributed by atoms with Gasteiger partial charge in [-0.15, -0.1) is 0 Å². The maximum Gasteiger partial charge on any atom is 0.329 e. The summed E-state index contributed by atoms with van der Waals surface area (Å²) < 4.78 is 19.3. The smallest absolute Gasteiger partial charge is 0.329 e. The first kappa shape index (κ1) is 28.2. The van der Waals surface area contributed by atoms with E-state index in [-0.39, 0.29) is 36.2 Å². The average molecular weight is 624 g/mol. The molecule has 5 heterocycles. The van der Waals surface area contributed by atoms with Crippen molar-refractivity contribution in [2.75, 3.05) is 18.7 Å². The number of nitrogens with one attached hydrogen (secondary N) is 3. The quantitative estimate of drug-likeness (QED) is 0.227. The van der Waals surface area contributed by atoms with Gasteiger partial charge in [0.2, 0.25) is 5.88 Å². The highest BCUT2D eigenvalue weighted by Gasteiger charge is 2.59. The van der Waals surface area contributed by atoms with Crippen LogP contribution < -0.4 is 16.0 Å². The molecule has 2 saturated heterocycles. The molecule has 46 heavy (non-hydrogen) atoms. The van der Waals surface area contributed by atoms with Crippen LogP contribution in [0.1, 0.15) is 29.9 Å². The lowest BCUT2D eigenvalue weighted by atomic mass is 9.75. The number of aromatic nitrogens is 4. The molecule has 0 spiro atoms. The number of imidazole rings is 1. The number of hydrogen-bond acceptors (Lipinski definition) is 10. The Bertz CT molecular complexity index is 1880. The summed E-state index contributed by atoms with van der Waals surface area (Å²) in [7, 11) is 0. The van der Waals surface area contributed by atoms with E-state index >= 15 is 0 Å². The van der Waals surface area contributed by atoms with Crippen molar-refractivity contribution in [2.45, 2.75) is 42.5 Å². The number of anilines is 1. The fraction of sp³-hybridized carbons (Fsp3) is 0.312. The molecule has 6 atom stereocenters. The van der Waals surface area contributed by atoms with Crippen molar-refractivity contribution in [2.24, 2.45) is 5.92 Å². The molecule has 6 unspecified atom stereocenters. The van der Waals surface area contributed by atoms with E-state index in [0.29, 0.717) is 29.7 Å². The molecule has 1 saturated carbocycles. The van der Waals surface area contributed by atoms with E-state index in [1.807, 2.05) is 30.3 Å². The Hall–Kier alpha value is -5.34. The molecule has 14 heteroatoms. The lowest BCUT2D eigenvalue weighted by molar-refractivity contribution is -0.152. The zero-order valence-corrected chi connectivity index (χ0v) is 24.3. The third kappa shape index (κ3) is 4.48. The lowest BCUT2D eigenvalue weighted by Gasteiger charge is -2.32. The highest BCUT2D eigenvalue weighted by atomic mass is 16.7. The summed E-state index contributed by atoms with van der Waals surface area (Å²) in [6, 6.07) is 18.3. The molecule has 4 aromatic rings. The van der Waals surface area contributed by atoms with Crippen LogP contribution in [0.2, 0.25) is 0 Å². The summed E-state index contributed by atoms with van der Waals surface area (Å²) in [6.07, 6.45) is 1.81. The minimum Gasteiger partial charge on any atom is -0.480 e. The van der Waals surface area contributed by atoms with Gasteiger partial charge in [0.15, 0.2) is 53.1 Å². The molecule has 3 fully saturated rings. The molecule has 4 aliphatic rings. The summed E-state index contributed by atoms with van der Waals surface area (Å²) in [5.74, 6) is -1.64. The van der Waals surface area contributed by atoms with Crippen molar-refractivity contribution in [3.8, 4) is 0 Å². The maximum atomic E-state index is 14.1. The zero-order chi connectivity index (χ0) is 31.4. The lowest BCUT2D eigenvalue weighted by Crippen LogP contribution is -2.54. The van der Waals surface area contributed by atoms with Crippen LogP contribution in [-0.4, -0.2) is 74.0 Å². The fourth-order valence-electron chi connectivity index (χ4n) is 6.83. The number of carbonyl (C=O) groups excluding carboxylic acids is 2. The zero-order valence-electron chi connectivity index (χ0n) is 24.3. The molecule has 2 amide bonds. The van der Waals surface area contributed by atoms with Gasteiger partial charge >= 0.3 is 12.0 Å². The largest absolute Gasteiger partial charge is 0.480 e. The number of carboxylic acid groups (broad SMARTS) is 1. The fourth-order valence-corrected chi connectivity index (χ4v) is 6.83. The molecule has 0 radical (unpaired) electrons. The number of fused-ring (bicyclic) bond motifs is 2. The molecule has 0 bridgehead atoms. The van der Waals surface area contributed by atoms with Crippen LogP contribution in [0.25, 0.3) is 17.0 Å². The van der Waals surface area contributed by atoms with Crippen molar-refractivity contribution in [3.05, 3.63) is 90.2 Å². The van der Waals surface area contributed by atoms with Gasteiger partial charge in [0.05, 0.1) is 5.92 Å². The maximum absolute atomic E-state index is 14.1. The van der Waals surface area contributed by atoms with E-state index in [2.05, 4.69) is 30.9 Å². The minimum absolute atomic E-state index is 0.0128. The first-order valence-electron chi connectivity index (χ1n) is 15.0. The van der Waals surface area contributed by atoms with Crippen LogP contribution in [0.15, 0.2) is 79.1 Å². The third-order valence-electron chi connectivity index (χ3n) is 9.11. The highest BCUT2D eigenvalue weighted by Crippen LogP contribution is 2.44. The Balaban J connectivity index is 1.03. The number of hydrogen-bond donors (Lipinski definition) is 4. The van der Waals surface area contributed by atoms with Gasteiger partial charge in [-0.3, -0.25) is 15.4 Å². The van der Waals surface area contributed by atoms with E-state index in [1.165, 1.54) is 22.8 Å². The number of urea groups is 1. The summed E-state index contributed by atoms with van der Waals surface area (Å²) in [4.78, 5) is 52.8. The number of ether oxygens (including phenoxy) is 3. The van der Waals surface area contributed by atoms with E-state index in [9.17, 15) is 19.5 Å². The Kier molecular flexibility index (Phi) is 6.69. The van der Waals surface area contributed by atoms with Gasteiger partial charge < -0.3 is 24.6 Å². The number of ketones is 1. The van der Waals surface area contributed by atoms with E-state index in [4.69, 9.17) is 14.2 Å². The number of Topliss-reactive ketones (excluding diaryl/α,β-unsaturated/α-hetero) is 1. The number of carbonyl (C=O) groups is 3. The van der Waals surface area contributed by atoms with Crippen LogP contribution in [0.5, 0.6) is 0 Å². The molecule has 8 rings (SSSR count). The normalized spacial score (nSPS) is 28.0. The topological polar surface area (TPSA) is 179 Å². The molecule has 3 aliphatic heterocycles. The molecule has 2 aromatic heterocycles. The summed E-state index contributed by atoms with van der Waals surface area (Å²) in [6.45, 7) is 0.224. The summed E-state index contributed by atoms with van der Waals surface area (Å²) >= 11 is 0. The standard InChI is InChI=1S/C32H29N7O7/c40-23(20-11-12-36-32(20,30(41)42)18-9-5-2-6-10-18)24-25-26(45-16-44-25)29(46-24)39-15-35-22-27(33-14-34-28(22)39)38-31(43)37-21-13-19(21)17-7-3-1-4-8-17/h1-10,14-15,19-21,24-25,36H,11-13,16H2,(H,41,42)(H2,33,34,37,38,43). The molecule has 4 N–H and O–H groups in total. The van der Waals surface area contributed by atoms with E-state index < -0.39 is 41.4 Å². The second-order valence-electron chi connectivity index (χ2n) is 11.7. The predicted molar refractivity (Wildman–Crippen MR) is 161 cm³/mol. The number of aliphatic carboxylic acids is 1. The molecule has 234 valence electrons. The third-order valence-corrected chi connectivity index (χ3v) is 9.11. The molecular formula is C32H29N7O7. The van der Waals surface area contributed by atoms with Crippen LogP contribution in [0, 0.1) is 5.92 Å². The van der Waals surface area contributed by atoms with Crippen molar-refractivity contribution < 1.29 is 33.7 Å². The van der Waals surface area contributed by atoms with Crippen LogP contribution in [0.3, 0.4) is 0 Å². The highest BCUT2D eigenvalue weighted by molar-refractivity contribution is 5.98. The first-order valence-corrected chi connectivity index (χ1v) is 15.0. The van der Waals surface area contributed by atoms with Crippen LogP contribution in [0.4, 0.5) is 10.6 Å². The van der Waals surface area contributed by atoms with Gasteiger partial charge in [-0.05, 0) is 30.5 Å². The number of nitrogens with zero attached hydrogens (tertiary/aromatic N) is 4. The Morgan fingerprint density at radius 3 is 2.59 bits per heavy atom. The summed E-state index contributed by atoms with van der Waals surface area (Å²) in [5, 5.41) is 19.2. The Morgan fingerprint density at radius 2 is 1.80 bits per heavy atom. The van der Waals surface area contributed by atoms with Gasteiger partial charge in [-0.25, -0.2) is 29.1 Å². The van der Waals surface area contributed by atoms with Crippen molar-refractivity contribution in [3.63, 3.8) is 0 Å². The van der Waals surface area contributed by atoms with Crippen LogP contribution >= 0.6 is 0 Å². The van der Waals surface area contributed by atoms with Crippen molar-refractivity contribution >= 4 is 40.6 Å². The minimum atomic E-state index is -1.62. The number of benzene rings is 2. The SMILES string of the molecule is O=C(Nc1ncnc2c1ncn2C1=C2OCOC2C(C(=O)C2CCNC2(C(=O)O)c2ccccc2)O1)NC1CC1c1ccccc1. The van der Waals surface area contributed by atoms with Gasteiger partial charge in [0, 0.05) is 12.0 Å². The molecule has 2 aromatic carbocycles. The first-order chi connectivity index (χ1) is 22.5. The number of amides is 2. The van der Waals surface area contributed by atoms with E-state index in [1.54, 1.807) is 30.3 Å².